The molecule has 3 aromatic rings. The number of nitrogens with one attached hydrogen (secondary N) is 3. The Morgan fingerprint density at radius 2 is 1.49 bits per heavy atom. The molecule has 3 amide bonds. The van der Waals surface area contributed by atoms with E-state index < -0.39 is 24.1 Å². The molecule has 10 nitrogen and oxygen atoms in total. The van der Waals surface area contributed by atoms with E-state index in [1.165, 1.54) is 11.0 Å². The third-order valence-electron chi connectivity index (χ3n) is 6.90. The van der Waals surface area contributed by atoms with Gasteiger partial charge in [0, 0.05) is 11.3 Å². The summed E-state index contributed by atoms with van der Waals surface area (Å²) in [6.07, 6.45) is 0.395. The van der Waals surface area contributed by atoms with Crippen LogP contribution < -0.4 is 21.8 Å². The van der Waals surface area contributed by atoms with E-state index in [1.807, 2.05) is 30.3 Å². The standard InChI is InChI=1S/C29H33N5O5/c30-27(36)26(29(38)33-39)32-28(37)23-8-6-20(7-9-23)21-10-12-24(13-11-21)31-25(35)18-34-16-14-22(15-17-34)19-4-2-1-3-5-19/h1-13,22,26-27,36,39H,14-18,30H2,(H,31,35)(H,32,37)(H,33,38)/t26-,27-/m0/s1. The van der Waals surface area contributed by atoms with E-state index in [9.17, 15) is 19.5 Å². The predicted octanol–water partition coefficient (Wildman–Crippen LogP) is 2.05. The Labute approximate surface area is 226 Å². The van der Waals surface area contributed by atoms with E-state index in [-0.39, 0.29) is 11.5 Å². The summed E-state index contributed by atoms with van der Waals surface area (Å²) in [6.45, 7) is 2.14. The second-order valence-electron chi connectivity index (χ2n) is 9.58. The molecule has 3 aromatic carbocycles. The summed E-state index contributed by atoms with van der Waals surface area (Å²) in [5.41, 5.74) is 10.7. The van der Waals surface area contributed by atoms with Crippen LogP contribution in [0.5, 0.6) is 0 Å². The second kappa shape index (κ2) is 13.1. The van der Waals surface area contributed by atoms with E-state index >= 15 is 0 Å². The Morgan fingerprint density at radius 3 is 2.05 bits per heavy atom. The summed E-state index contributed by atoms with van der Waals surface area (Å²) >= 11 is 0. The number of hydrogen-bond acceptors (Lipinski definition) is 7. The topological polar surface area (TPSA) is 157 Å². The number of rotatable bonds is 9. The van der Waals surface area contributed by atoms with Gasteiger partial charge < -0.3 is 21.5 Å². The zero-order chi connectivity index (χ0) is 27.8. The van der Waals surface area contributed by atoms with Crippen molar-refractivity contribution in [1.82, 2.24) is 15.7 Å². The normalized spacial score (nSPS) is 15.7. The molecule has 0 bridgehead atoms. The molecule has 1 saturated heterocycles. The van der Waals surface area contributed by atoms with Gasteiger partial charge in [-0.1, -0.05) is 54.6 Å². The van der Waals surface area contributed by atoms with Crippen LogP contribution >= 0.6 is 0 Å². The van der Waals surface area contributed by atoms with E-state index in [1.54, 1.807) is 24.3 Å². The highest BCUT2D eigenvalue weighted by molar-refractivity contribution is 5.98. The van der Waals surface area contributed by atoms with Crippen LogP contribution in [0.1, 0.15) is 34.7 Å². The molecule has 1 fully saturated rings. The molecule has 2 atom stereocenters. The van der Waals surface area contributed by atoms with Crippen molar-refractivity contribution in [3.05, 3.63) is 90.0 Å². The Kier molecular flexibility index (Phi) is 9.40. The molecule has 0 aromatic heterocycles. The van der Waals surface area contributed by atoms with Crippen LogP contribution in [0.15, 0.2) is 78.9 Å². The number of benzene rings is 3. The summed E-state index contributed by atoms with van der Waals surface area (Å²) in [6, 6.07) is 23.0. The van der Waals surface area contributed by atoms with Crippen LogP contribution in [-0.4, -0.2) is 64.8 Å². The fourth-order valence-electron chi connectivity index (χ4n) is 4.71. The third-order valence-corrected chi connectivity index (χ3v) is 6.90. The highest BCUT2D eigenvalue weighted by atomic mass is 16.5. The van der Waals surface area contributed by atoms with Gasteiger partial charge in [0.05, 0.1) is 6.54 Å². The SMILES string of the molecule is N[C@@H](O)[C@H](NC(=O)c1ccc(-c2ccc(NC(=O)CN3CCC(c4ccccc4)CC3)cc2)cc1)C(=O)NO. The molecule has 0 spiro atoms. The molecule has 4 rings (SSSR count). The fraction of sp³-hybridized carbons (Fsp3) is 0.276. The number of piperidine rings is 1. The Bertz CT molecular complexity index is 1260. The summed E-state index contributed by atoms with van der Waals surface area (Å²) in [4.78, 5) is 38.8. The first-order valence-electron chi connectivity index (χ1n) is 12.8. The Balaban J connectivity index is 1.27. The monoisotopic (exact) mass is 531 g/mol. The van der Waals surface area contributed by atoms with E-state index in [0.29, 0.717) is 18.2 Å². The number of aliphatic hydroxyl groups excluding tert-OH is 1. The lowest BCUT2D eigenvalue weighted by molar-refractivity contribution is -0.133. The summed E-state index contributed by atoms with van der Waals surface area (Å²) in [5, 5.41) is 23.5. The van der Waals surface area contributed by atoms with E-state index in [0.717, 1.165) is 37.1 Å². The van der Waals surface area contributed by atoms with Crippen molar-refractivity contribution in [3.8, 4) is 11.1 Å². The number of anilines is 1. The van der Waals surface area contributed by atoms with Gasteiger partial charge in [-0.05, 0) is 72.8 Å². The van der Waals surface area contributed by atoms with Gasteiger partial charge in [0.1, 0.15) is 12.3 Å². The lowest BCUT2D eigenvalue weighted by Crippen LogP contribution is -2.55. The molecule has 0 radical (unpaired) electrons. The van der Waals surface area contributed by atoms with Gasteiger partial charge in [-0.25, -0.2) is 5.48 Å². The number of aliphatic hydroxyl groups is 1. The number of carbonyl (C=O) groups is 3. The van der Waals surface area contributed by atoms with Gasteiger partial charge in [-0.15, -0.1) is 0 Å². The maximum absolute atomic E-state index is 12.6. The number of carbonyl (C=O) groups excluding carboxylic acids is 3. The fourth-order valence-corrected chi connectivity index (χ4v) is 4.71. The molecule has 1 aliphatic heterocycles. The highest BCUT2D eigenvalue weighted by Crippen LogP contribution is 2.27. The molecule has 7 N–H and O–H groups in total. The average molecular weight is 532 g/mol. The van der Waals surface area contributed by atoms with Crippen molar-refractivity contribution < 1.29 is 24.7 Å². The molecule has 204 valence electrons. The van der Waals surface area contributed by atoms with E-state index in [2.05, 4.69) is 39.8 Å². The number of likely N-dealkylation sites (tertiary alicyclic amines) is 1. The van der Waals surface area contributed by atoms with Crippen LogP contribution in [0.25, 0.3) is 11.1 Å². The number of amides is 3. The minimum Gasteiger partial charge on any atom is -0.376 e. The van der Waals surface area contributed by atoms with Crippen LogP contribution in [0.2, 0.25) is 0 Å². The Morgan fingerprint density at radius 1 is 0.897 bits per heavy atom. The van der Waals surface area contributed by atoms with Gasteiger partial charge in [-0.2, -0.15) is 0 Å². The molecule has 1 aliphatic rings. The van der Waals surface area contributed by atoms with Crippen LogP contribution in [0.4, 0.5) is 5.69 Å². The smallest absolute Gasteiger partial charge is 0.270 e. The zero-order valence-corrected chi connectivity index (χ0v) is 21.4. The molecular weight excluding hydrogens is 498 g/mol. The number of hydroxylamine groups is 1. The van der Waals surface area contributed by atoms with Crippen molar-refractivity contribution in [2.75, 3.05) is 25.0 Å². The van der Waals surface area contributed by atoms with E-state index in [4.69, 9.17) is 10.9 Å². The second-order valence-corrected chi connectivity index (χ2v) is 9.58. The zero-order valence-electron chi connectivity index (χ0n) is 21.4. The molecule has 0 aliphatic carbocycles. The molecule has 39 heavy (non-hydrogen) atoms. The van der Waals surface area contributed by atoms with Crippen molar-refractivity contribution in [2.45, 2.75) is 31.0 Å². The first-order valence-corrected chi connectivity index (χ1v) is 12.8. The van der Waals surface area contributed by atoms with Crippen molar-refractivity contribution >= 4 is 23.4 Å². The van der Waals surface area contributed by atoms with Crippen LogP contribution in [0.3, 0.4) is 0 Å². The highest BCUT2D eigenvalue weighted by Gasteiger charge is 2.26. The molecule has 10 heteroatoms. The molecular formula is C29H33N5O5. The van der Waals surface area contributed by atoms with Gasteiger partial charge in [0.25, 0.3) is 11.8 Å². The summed E-state index contributed by atoms with van der Waals surface area (Å²) in [5.74, 6) is -1.17. The first kappa shape index (κ1) is 27.9. The summed E-state index contributed by atoms with van der Waals surface area (Å²) in [7, 11) is 0. The van der Waals surface area contributed by atoms with Gasteiger partial charge in [-0.3, -0.25) is 24.5 Å². The summed E-state index contributed by atoms with van der Waals surface area (Å²) < 4.78 is 0. The van der Waals surface area contributed by atoms with Crippen molar-refractivity contribution in [2.24, 2.45) is 5.73 Å². The van der Waals surface area contributed by atoms with Gasteiger partial charge in [0.15, 0.2) is 0 Å². The van der Waals surface area contributed by atoms with Crippen molar-refractivity contribution in [1.29, 1.82) is 0 Å². The number of hydrogen-bond donors (Lipinski definition) is 6. The first-order chi connectivity index (χ1) is 18.8. The predicted molar refractivity (Wildman–Crippen MR) is 147 cm³/mol. The minimum absolute atomic E-state index is 0.0490. The number of nitrogens with zero attached hydrogens (tertiary/aromatic N) is 1. The minimum atomic E-state index is -1.69. The van der Waals surface area contributed by atoms with Crippen molar-refractivity contribution in [3.63, 3.8) is 0 Å². The lowest BCUT2D eigenvalue weighted by Gasteiger charge is -2.31. The van der Waals surface area contributed by atoms with Crippen LogP contribution in [-0.2, 0) is 9.59 Å². The van der Waals surface area contributed by atoms with Gasteiger partial charge >= 0.3 is 0 Å². The number of nitrogens with two attached hydrogens (primary N) is 1. The molecule has 0 saturated carbocycles. The molecule has 1 heterocycles. The largest absolute Gasteiger partial charge is 0.376 e. The average Bonchev–Trinajstić information content (AvgIpc) is 2.96. The van der Waals surface area contributed by atoms with Gasteiger partial charge in [0.2, 0.25) is 5.91 Å². The Hall–Kier alpha value is -4.09. The lowest BCUT2D eigenvalue weighted by atomic mass is 9.89. The quantitative estimate of drug-likeness (QED) is 0.140. The maximum Gasteiger partial charge on any atom is 0.270 e. The van der Waals surface area contributed by atoms with Crippen LogP contribution in [0, 0.1) is 0 Å². The molecule has 0 unspecified atom stereocenters. The third kappa shape index (κ3) is 7.49. The maximum atomic E-state index is 12.6.